The Morgan fingerprint density at radius 3 is 2.05 bits per heavy atom. The highest BCUT2D eigenvalue weighted by Gasteiger charge is 2.04. The Labute approximate surface area is 124 Å². The highest BCUT2D eigenvalue weighted by Crippen LogP contribution is 1.99. The summed E-state index contributed by atoms with van der Waals surface area (Å²) in [5.74, 6) is -1.23. The summed E-state index contributed by atoms with van der Waals surface area (Å²) in [4.78, 5) is 21.9. The maximum atomic E-state index is 11.5. The van der Waals surface area contributed by atoms with Crippen LogP contribution in [0.2, 0.25) is 0 Å². The Morgan fingerprint density at radius 2 is 1.43 bits per heavy atom. The highest BCUT2D eigenvalue weighted by molar-refractivity contribution is 5.80. The summed E-state index contributed by atoms with van der Waals surface area (Å²) in [6.07, 6.45) is 20.8. The van der Waals surface area contributed by atoms with Crippen LogP contribution in [-0.2, 0) is 9.59 Å². The number of hydrogen-bond acceptors (Lipinski definition) is 2. The molecular formula is C17H19NO3. The molecule has 2 N–H and O–H groups in total. The second-order valence-electron chi connectivity index (χ2n) is 4.31. The lowest BCUT2D eigenvalue weighted by molar-refractivity contribution is -0.138. The van der Waals surface area contributed by atoms with Crippen LogP contribution >= 0.6 is 0 Å². The predicted octanol–water partition coefficient (Wildman–Crippen LogP) is 2.69. The van der Waals surface area contributed by atoms with Gasteiger partial charge < -0.3 is 10.4 Å². The number of carbonyl (C=O) groups excluding carboxylic acids is 1. The summed E-state index contributed by atoms with van der Waals surface area (Å²) >= 11 is 0. The van der Waals surface area contributed by atoms with Gasteiger partial charge in [-0.3, -0.25) is 9.59 Å². The second kappa shape index (κ2) is 10.2. The Kier molecular flexibility index (Phi) is 7.98. The average Bonchev–Trinajstić information content (AvgIpc) is 2.44. The fourth-order valence-corrected chi connectivity index (χ4v) is 1.49. The van der Waals surface area contributed by atoms with Gasteiger partial charge in [-0.2, -0.15) is 0 Å². The van der Waals surface area contributed by atoms with Crippen LogP contribution in [0.3, 0.4) is 0 Å². The first kappa shape index (κ1) is 16.4. The van der Waals surface area contributed by atoms with E-state index in [1.807, 2.05) is 66.8 Å². The number of allylic oxidation sites excluding steroid dienone is 10. The van der Waals surface area contributed by atoms with Crippen molar-refractivity contribution in [2.24, 2.45) is 0 Å². The van der Waals surface area contributed by atoms with Crippen LogP contribution in [0, 0.1) is 0 Å². The molecule has 4 nitrogen and oxygen atoms in total. The topological polar surface area (TPSA) is 66.4 Å². The van der Waals surface area contributed by atoms with Gasteiger partial charge in [-0.1, -0.05) is 66.8 Å². The van der Waals surface area contributed by atoms with Gasteiger partial charge in [0.05, 0.1) is 6.42 Å². The number of rotatable bonds is 5. The van der Waals surface area contributed by atoms with Crippen molar-refractivity contribution in [3.8, 4) is 0 Å². The van der Waals surface area contributed by atoms with Crippen LogP contribution < -0.4 is 5.32 Å². The largest absolute Gasteiger partial charge is 0.481 e. The lowest BCUT2D eigenvalue weighted by atomic mass is 10.2. The van der Waals surface area contributed by atoms with Crippen LogP contribution in [0.1, 0.15) is 12.8 Å². The van der Waals surface area contributed by atoms with Crippen LogP contribution in [0.5, 0.6) is 0 Å². The van der Waals surface area contributed by atoms with E-state index in [9.17, 15) is 9.59 Å². The third-order valence-corrected chi connectivity index (χ3v) is 2.57. The molecule has 0 aromatic heterocycles. The molecule has 1 aliphatic rings. The molecule has 0 atom stereocenters. The molecule has 0 aromatic carbocycles. The van der Waals surface area contributed by atoms with Gasteiger partial charge >= 0.3 is 5.97 Å². The van der Waals surface area contributed by atoms with Crippen LogP contribution in [0.15, 0.2) is 72.4 Å². The van der Waals surface area contributed by atoms with Crippen molar-refractivity contribution in [3.05, 3.63) is 72.4 Å². The summed E-state index contributed by atoms with van der Waals surface area (Å²) in [6, 6.07) is 0. The molecule has 0 saturated carbocycles. The van der Waals surface area contributed by atoms with E-state index in [0.717, 1.165) is 5.57 Å². The summed E-state index contributed by atoms with van der Waals surface area (Å²) < 4.78 is 0. The van der Waals surface area contributed by atoms with Crippen molar-refractivity contribution in [1.82, 2.24) is 5.32 Å². The number of aliphatic carboxylic acids is 1. The molecule has 1 amide bonds. The van der Waals surface area contributed by atoms with Gasteiger partial charge in [-0.15, -0.1) is 0 Å². The molecule has 0 radical (unpaired) electrons. The van der Waals surface area contributed by atoms with Gasteiger partial charge in [0.1, 0.15) is 0 Å². The normalized spacial score (nSPS) is 24.3. The van der Waals surface area contributed by atoms with Crippen LogP contribution in [0.25, 0.3) is 0 Å². The SMILES string of the molecule is O=C(O)CCC(=O)NCC1=C/C=C\C=C/C=C\C=C/C=C\1. The van der Waals surface area contributed by atoms with Gasteiger partial charge in [0.15, 0.2) is 0 Å². The third kappa shape index (κ3) is 8.99. The average molecular weight is 285 g/mol. The quantitative estimate of drug-likeness (QED) is 0.816. The van der Waals surface area contributed by atoms with Gasteiger partial charge in [0.2, 0.25) is 5.91 Å². The first-order valence-corrected chi connectivity index (χ1v) is 6.71. The van der Waals surface area contributed by atoms with E-state index in [4.69, 9.17) is 5.11 Å². The molecule has 4 heteroatoms. The van der Waals surface area contributed by atoms with Crippen molar-refractivity contribution in [2.75, 3.05) is 6.54 Å². The fraction of sp³-hybridized carbons (Fsp3) is 0.176. The molecular weight excluding hydrogens is 266 g/mol. The maximum absolute atomic E-state index is 11.5. The molecule has 0 heterocycles. The molecule has 0 unspecified atom stereocenters. The van der Waals surface area contributed by atoms with E-state index in [0.29, 0.717) is 6.54 Å². The smallest absolute Gasteiger partial charge is 0.303 e. The fourth-order valence-electron chi connectivity index (χ4n) is 1.49. The van der Waals surface area contributed by atoms with Crippen molar-refractivity contribution in [3.63, 3.8) is 0 Å². The first-order chi connectivity index (χ1) is 10.2. The number of carboxylic acid groups (broad SMARTS) is 1. The summed E-state index contributed by atoms with van der Waals surface area (Å²) in [6.45, 7) is 0.368. The minimum absolute atomic E-state index is 0.00436. The molecule has 0 aliphatic heterocycles. The summed E-state index contributed by atoms with van der Waals surface area (Å²) in [5.41, 5.74) is 0.928. The number of nitrogens with one attached hydrogen (secondary N) is 1. The zero-order valence-electron chi connectivity index (χ0n) is 11.7. The second-order valence-corrected chi connectivity index (χ2v) is 4.31. The Bertz CT molecular complexity index is 534. The van der Waals surface area contributed by atoms with Crippen LogP contribution in [0.4, 0.5) is 0 Å². The van der Waals surface area contributed by atoms with Gasteiger partial charge in [0.25, 0.3) is 0 Å². The standard InChI is InChI=1S/C17H19NO3/c19-16(12-13-17(20)21)18-14-15-10-8-6-4-2-1-3-5-7-9-11-15/h1-11H,12-14H2,(H,18,19)(H,20,21)/b2-1-,3-1?,4-2?,5-3-,6-4-,7-5?,8-6?,9-7-,10-8-,11-9?,15-10?,15-11+. The van der Waals surface area contributed by atoms with E-state index in [1.165, 1.54) is 0 Å². The van der Waals surface area contributed by atoms with Crippen molar-refractivity contribution < 1.29 is 14.7 Å². The van der Waals surface area contributed by atoms with E-state index < -0.39 is 5.97 Å². The number of amides is 1. The van der Waals surface area contributed by atoms with Crippen molar-refractivity contribution in [1.29, 1.82) is 0 Å². The zero-order chi connectivity index (χ0) is 15.3. The van der Waals surface area contributed by atoms with Gasteiger partial charge in [0, 0.05) is 13.0 Å². The molecule has 0 spiro atoms. The molecule has 1 rings (SSSR count). The molecule has 0 saturated heterocycles. The van der Waals surface area contributed by atoms with E-state index in [1.54, 1.807) is 0 Å². The lowest BCUT2D eigenvalue weighted by Crippen LogP contribution is -2.25. The zero-order valence-corrected chi connectivity index (χ0v) is 11.7. The highest BCUT2D eigenvalue weighted by atomic mass is 16.4. The first-order valence-electron chi connectivity index (χ1n) is 6.71. The summed E-state index contributed by atoms with van der Waals surface area (Å²) in [7, 11) is 0. The van der Waals surface area contributed by atoms with E-state index in [-0.39, 0.29) is 18.7 Å². The summed E-state index contributed by atoms with van der Waals surface area (Å²) in [5, 5.41) is 11.2. The molecule has 110 valence electrons. The predicted molar refractivity (Wildman–Crippen MR) is 83.7 cm³/mol. The Hall–Kier alpha value is -2.62. The van der Waals surface area contributed by atoms with Crippen LogP contribution in [-0.4, -0.2) is 23.5 Å². The Morgan fingerprint density at radius 1 is 0.857 bits per heavy atom. The Balaban J connectivity index is 2.57. The number of hydrogen-bond donors (Lipinski definition) is 2. The molecule has 1 aliphatic carbocycles. The molecule has 0 bridgehead atoms. The van der Waals surface area contributed by atoms with Crippen molar-refractivity contribution >= 4 is 11.9 Å². The molecule has 21 heavy (non-hydrogen) atoms. The minimum atomic E-state index is -0.969. The maximum Gasteiger partial charge on any atom is 0.303 e. The monoisotopic (exact) mass is 285 g/mol. The molecule has 0 aromatic rings. The third-order valence-electron chi connectivity index (χ3n) is 2.57. The number of carboxylic acids is 1. The number of carbonyl (C=O) groups is 2. The van der Waals surface area contributed by atoms with E-state index in [2.05, 4.69) is 5.32 Å². The molecule has 0 fully saturated rings. The van der Waals surface area contributed by atoms with Gasteiger partial charge in [-0.25, -0.2) is 0 Å². The van der Waals surface area contributed by atoms with Crippen molar-refractivity contribution in [2.45, 2.75) is 12.8 Å². The minimum Gasteiger partial charge on any atom is -0.481 e. The lowest BCUT2D eigenvalue weighted by Gasteiger charge is -2.04. The van der Waals surface area contributed by atoms with E-state index >= 15 is 0 Å². The van der Waals surface area contributed by atoms with Gasteiger partial charge in [-0.05, 0) is 5.57 Å².